The van der Waals surface area contributed by atoms with Gasteiger partial charge in [-0.1, -0.05) is 24.3 Å². The summed E-state index contributed by atoms with van der Waals surface area (Å²) in [5, 5.41) is 15.6. The number of rotatable bonds is 2. The molecular formula is C20H19N3O2. The van der Waals surface area contributed by atoms with Gasteiger partial charge in [-0.3, -0.25) is 10.1 Å². The maximum absolute atomic E-state index is 10.9. The predicted molar refractivity (Wildman–Crippen MR) is 99.7 cm³/mol. The first-order chi connectivity index (χ1) is 12.2. The molecule has 0 aliphatic carbocycles. The molecule has 25 heavy (non-hydrogen) atoms. The molecule has 126 valence electrons. The molecule has 0 amide bonds. The Kier molecular flexibility index (Phi) is 3.86. The normalized spacial score (nSPS) is 16.6. The van der Waals surface area contributed by atoms with Gasteiger partial charge in [0.2, 0.25) is 0 Å². The molecule has 0 radical (unpaired) electrons. The van der Waals surface area contributed by atoms with Crippen molar-refractivity contribution in [2.24, 2.45) is 7.05 Å². The van der Waals surface area contributed by atoms with Gasteiger partial charge in [0.25, 0.3) is 5.69 Å². The SMILES string of the molecule is Cn1c2c(c3ccccc31)CCNC/C=C\2c1ccc([N+](=O)[O-])cc1. The van der Waals surface area contributed by atoms with Crippen molar-refractivity contribution in [3.8, 4) is 0 Å². The summed E-state index contributed by atoms with van der Waals surface area (Å²) in [5.74, 6) is 0. The Balaban J connectivity index is 1.93. The average Bonchev–Trinajstić information content (AvgIpc) is 2.87. The highest BCUT2D eigenvalue weighted by molar-refractivity contribution is 5.93. The molecule has 0 spiro atoms. The van der Waals surface area contributed by atoms with Gasteiger partial charge < -0.3 is 9.88 Å². The molecule has 0 bridgehead atoms. The van der Waals surface area contributed by atoms with Crippen molar-refractivity contribution in [1.29, 1.82) is 0 Å². The Hall–Kier alpha value is -2.92. The number of hydrogen-bond acceptors (Lipinski definition) is 3. The number of aryl methyl sites for hydroxylation is 1. The molecule has 1 aliphatic rings. The van der Waals surface area contributed by atoms with Crippen LogP contribution >= 0.6 is 0 Å². The van der Waals surface area contributed by atoms with Gasteiger partial charge in [-0.2, -0.15) is 0 Å². The summed E-state index contributed by atoms with van der Waals surface area (Å²) in [6, 6.07) is 15.3. The van der Waals surface area contributed by atoms with Gasteiger partial charge in [0.15, 0.2) is 0 Å². The molecule has 0 saturated heterocycles. The van der Waals surface area contributed by atoms with Gasteiger partial charge in [-0.15, -0.1) is 0 Å². The quantitative estimate of drug-likeness (QED) is 0.575. The third kappa shape index (κ3) is 2.62. The first kappa shape index (κ1) is 15.6. The van der Waals surface area contributed by atoms with Crippen molar-refractivity contribution < 1.29 is 4.92 Å². The highest BCUT2D eigenvalue weighted by Gasteiger charge is 2.20. The molecule has 1 aromatic heterocycles. The minimum atomic E-state index is -0.361. The molecule has 3 aromatic rings. The summed E-state index contributed by atoms with van der Waals surface area (Å²) < 4.78 is 2.24. The molecule has 0 fully saturated rings. The van der Waals surface area contributed by atoms with Gasteiger partial charge in [-0.05, 0) is 42.3 Å². The summed E-state index contributed by atoms with van der Waals surface area (Å²) >= 11 is 0. The maximum atomic E-state index is 10.9. The first-order valence-corrected chi connectivity index (χ1v) is 8.39. The number of nitrogens with zero attached hydrogens (tertiary/aromatic N) is 2. The van der Waals surface area contributed by atoms with E-state index < -0.39 is 0 Å². The second kappa shape index (κ2) is 6.18. The van der Waals surface area contributed by atoms with Crippen LogP contribution in [0.5, 0.6) is 0 Å². The maximum Gasteiger partial charge on any atom is 0.269 e. The average molecular weight is 333 g/mol. The third-order valence-electron chi connectivity index (χ3n) is 4.86. The fourth-order valence-electron chi connectivity index (χ4n) is 3.67. The zero-order chi connectivity index (χ0) is 17.4. The van der Waals surface area contributed by atoms with E-state index in [9.17, 15) is 10.1 Å². The zero-order valence-corrected chi connectivity index (χ0v) is 14.0. The first-order valence-electron chi connectivity index (χ1n) is 8.39. The van der Waals surface area contributed by atoms with Crippen LogP contribution in [0.1, 0.15) is 16.8 Å². The fourth-order valence-corrected chi connectivity index (χ4v) is 3.67. The molecule has 1 aliphatic heterocycles. The largest absolute Gasteiger partial charge is 0.343 e. The second-order valence-corrected chi connectivity index (χ2v) is 6.28. The lowest BCUT2D eigenvalue weighted by molar-refractivity contribution is -0.384. The van der Waals surface area contributed by atoms with Crippen LogP contribution in [0.25, 0.3) is 16.5 Å². The summed E-state index contributed by atoms with van der Waals surface area (Å²) in [6.45, 7) is 1.72. The van der Waals surface area contributed by atoms with Crippen LogP contribution in [0.4, 0.5) is 5.69 Å². The van der Waals surface area contributed by atoms with Gasteiger partial charge >= 0.3 is 0 Å². The number of benzene rings is 2. The smallest absolute Gasteiger partial charge is 0.269 e. The van der Waals surface area contributed by atoms with Crippen molar-refractivity contribution >= 4 is 22.2 Å². The van der Waals surface area contributed by atoms with E-state index in [2.05, 4.69) is 47.3 Å². The topological polar surface area (TPSA) is 60.1 Å². The number of para-hydroxylation sites is 1. The number of aromatic nitrogens is 1. The molecule has 2 heterocycles. The van der Waals surface area contributed by atoms with E-state index in [1.807, 2.05) is 12.1 Å². The van der Waals surface area contributed by atoms with E-state index in [0.29, 0.717) is 0 Å². The van der Waals surface area contributed by atoms with Crippen molar-refractivity contribution in [3.05, 3.63) is 81.5 Å². The van der Waals surface area contributed by atoms with Crippen LogP contribution in [0.2, 0.25) is 0 Å². The lowest BCUT2D eigenvalue weighted by Crippen LogP contribution is -2.20. The van der Waals surface area contributed by atoms with Crippen molar-refractivity contribution in [2.45, 2.75) is 6.42 Å². The number of nitro benzene ring substituents is 1. The Morgan fingerprint density at radius 2 is 1.88 bits per heavy atom. The van der Waals surface area contributed by atoms with Gasteiger partial charge in [-0.25, -0.2) is 0 Å². The fraction of sp³-hybridized carbons (Fsp3) is 0.200. The molecule has 4 rings (SSSR count). The summed E-state index contributed by atoms with van der Waals surface area (Å²) in [4.78, 5) is 10.6. The summed E-state index contributed by atoms with van der Waals surface area (Å²) in [7, 11) is 2.09. The van der Waals surface area contributed by atoms with E-state index in [-0.39, 0.29) is 10.6 Å². The molecular weight excluding hydrogens is 314 g/mol. The molecule has 0 unspecified atom stereocenters. The van der Waals surface area contributed by atoms with E-state index in [4.69, 9.17) is 0 Å². The van der Waals surface area contributed by atoms with Crippen LogP contribution in [-0.2, 0) is 13.5 Å². The number of fused-ring (bicyclic) bond motifs is 3. The lowest BCUT2D eigenvalue weighted by atomic mass is 9.95. The van der Waals surface area contributed by atoms with Crippen LogP contribution < -0.4 is 5.32 Å². The molecule has 0 saturated carbocycles. The molecule has 5 nitrogen and oxygen atoms in total. The molecule has 0 atom stereocenters. The Morgan fingerprint density at radius 1 is 1.12 bits per heavy atom. The number of hydrogen-bond donors (Lipinski definition) is 1. The standard InChI is InChI=1S/C20H19N3O2/c1-22-19-5-3-2-4-17(19)18-11-13-21-12-10-16(20(18)22)14-6-8-15(9-7-14)23(24)25/h2-10,21H,11-13H2,1H3/b16-10-. The highest BCUT2D eigenvalue weighted by Crippen LogP contribution is 2.34. The van der Waals surface area contributed by atoms with Crippen molar-refractivity contribution in [1.82, 2.24) is 9.88 Å². The zero-order valence-electron chi connectivity index (χ0n) is 14.0. The van der Waals surface area contributed by atoms with E-state index >= 15 is 0 Å². The monoisotopic (exact) mass is 333 g/mol. The molecule has 1 N–H and O–H groups in total. The molecule has 2 aromatic carbocycles. The second-order valence-electron chi connectivity index (χ2n) is 6.28. The van der Waals surface area contributed by atoms with Gasteiger partial charge in [0.05, 0.1) is 10.6 Å². The van der Waals surface area contributed by atoms with Crippen molar-refractivity contribution in [3.63, 3.8) is 0 Å². The number of non-ortho nitro benzene ring substituents is 1. The Labute approximate surface area is 145 Å². The summed E-state index contributed by atoms with van der Waals surface area (Å²) in [5.41, 5.74) is 5.98. The van der Waals surface area contributed by atoms with Gasteiger partial charge in [0, 0.05) is 42.2 Å². The van der Waals surface area contributed by atoms with Gasteiger partial charge in [0.1, 0.15) is 0 Å². The van der Waals surface area contributed by atoms with Crippen molar-refractivity contribution in [2.75, 3.05) is 13.1 Å². The predicted octanol–water partition coefficient (Wildman–Crippen LogP) is 3.66. The van der Waals surface area contributed by atoms with E-state index in [0.717, 1.165) is 30.6 Å². The van der Waals surface area contributed by atoms with Crippen LogP contribution in [0, 0.1) is 10.1 Å². The Morgan fingerprint density at radius 3 is 2.64 bits per heavy atom. The third-order valence-corrected chi connectivity index (χ3v) is 4.86. The Bertz CT molecular complexity index is 984. The lowest BCUT2D eigenvalue weighted by Gasteiger charge is -2.16. The van der Waals surface area contributed by atoms with Crippen LogP contribution in [-0.4, -0.2) is 22.6 Å². The van der Waals surface area contributed by atoms with E-state index in [1.165, 1.54) is 22.2 Å². The minimum absolute atomic E-state index is 0.116. The molecule has 5 heteroatoms. The summed E-state index contributed by atoms with van der Waals surface area (Å²) in [6.07, 6.45) is 3.14. The van der Waals surface area contributed by atoms with Crippen LogP contribution in [0.3, 0.4) is 0 Å². The van der Waals surface area contributed by atoms with Crippen LogP contribution in [0.15, 0.2) is 54.6 Å². The number of nitro groups is 1. The van der Waals surface area contributed by atoms with E-state index in [1.54, 1.807) is 12.1 Å². The number of nitrogens with one attached hydrogen (secondary N) is 1. The minimum Gasteiger partial charge on any atom is -0.343 e. The highest BCUT2D eigenvalue weighted by atomic mass is 16.6.